The van der Waals surface area contributed by atoms with E-state index in [4.69, 9.17) is 14.2 Å². The van der Waals surface area contributed by atoms with Gasteiger partial charge in [-0.05, 0) is 30.7 Å². The van der Waals surface area contributed by atoms with Crippen LogP contribution in [-0.4, -0.2) is 84.4 Å². The molecule has 0 radical (unpaired) electrons. The van der Waals surface area contributed by atoms with Gasteiger partial charge in [0.15, 0.2) is 11.5 Å². The van der Waals surface area contributed by atoms with Crippen LogP contribution in [0.2, 0.25) is 0 Å². The lowest BCUT2D eigenvalue weighted by molar-refractivity contribution is -0.127. The molecule has 2 heterocycles. The van der Waals surface area contributed by atoms with Gasteiger partial charge in [0.25, 0.3) is 0 Å². The fourth-order valence-electron chi connectivity index (χ4n) is 5.95. The Balaban J connectivity index is 1.67. The highest BCUT2D eigenvalue weighted by Crippen LogP contribution is 2.40. The van der Waals surface area contributed by atoms with Crippen molar-refractivity contribution in [2.75, 3.05) is 34.4 Å². The van der Waals surface area contributed by atoms with E-state index in [9.17, 15) is 23.1 Å². The highest BCUT2D eigenvalue weighted by molar-refractivity contribution is 7.89. The third-order valence-corrected chi connectivity index (χ3v) is 11.0. The number of carbonyl (C=O) groups excluding carboxylic acids is 1. The Morgan fingerprint density at radius 3 is 2.18 bits per heavy atom. The monoisotopic (exact) mass is 743 g/mol. The summed E-state index contributed by atoms with van der Waals surface area (Å²) in [6, 6.07) is 10.2. The summed E-state index contributed by atoms with van der Waals surface area (Å²) < 4.78 is 48.8. The number of thiazole rings is 1. The summed E-state index contributed by atoms with van der Waals surface area (Å²) in [5.74, 6) is -0.303. The van der Waals surface area contributed by atoms with E-state index in [2.05, 4.69) is 10.3 Å². The number of aliphatic hydroxyl groups excluding tert-OH is 1. The Kier molecular flexibility index (Phi) is 13.5. The molecule has 1 amide bonds. The van der Waals surface area contributed by atoms with E-state index in [1.807, 2.05) is 70.3 Å². The van der Waals surface area contributed by atoms with Crippen molar-refractivity contribution in [1.29, 1.82) is 0 Å². The van der Waals surface area contributed by atoms with Gasteiger partial charge in [0.1, 0.15) is 6.04 Å². The number of methoxy groups -OCH3 is 3. The fourth-order valence-corrected chi connectivity index (χ4v) is 8.21. The number of carbonyl (C=O) groups is 1. The summed E-state index contributed by atoms with van der Waals surface area (Å²) in [5, 5.41) is 17.6. The van der Waals surface area contributed by atoms with Crippen LogP contribution >= 0.6 is 11.3 Å². The average Bonchev–Trinajstić information content (AvgIpc) is 3.67. The van der Waals surface area contributed by atoms with Gasteiger partial charge < -0.3 is 24.6 Å². The first kappa shape index (κ1) is 39.6. The molecule has 0 saturated heterocycles. The number of amides is 1. The molecule has 13 nitrogen and oxygen atoms in total. The highest BCUT2D eigenvalue weighted by atomic mass is 32.2. The van der Waals surface area contributed by atoms with Crippen molar-refractivity contribution in [3.8, 4) is 17.2 Å². The standard InChI is InChI=1S/C36H49N5O8S2/c1-23(2)19-40(51(45,46)28-17-31(47-6)34(49-8)32(18-28)48-7)21-30(42)29(16-26-12-10-9-11-13-26)38-35(43)33(24(3)4)41-15-14-39(36(41)44)20-27-22-50-25(5)37-27/h9-15,17-18,22-24,29-30,33,42H,16,19-21H2,1-8H3,(H,38,43)/t29-,30+,33-/m0/s1. The predicted molar refractivity (Wildman–Crippen MR) is 196 cm³/mol. The first-order valence-corrected chi connectivity index (χ1v) is 19.0. The number of nitrogens with one attached hydrogen (secondary N) is 1. The molecule has 0 saturated carbocycles. The molecule has 3 atom stereocenters. The Hall–Kier alpha value is -4.18. The largest absolute Gasteiger partial charge is 0.493 e. The zero-order valence-corrected chi connectivity index (χ0v) is 32.0. The number of hydrogen-bond acceptors (Lipinski definition) is 10. The van der Waals surface area contributed by atoms with Crippen LogP contribution in [0.1, 0.15) is 50.0 Å². The summed E-state index contributed by atoms with van der Waals surface area (Å²) in [5.41, 5.74) is 1.21. The van der Waals surface area contributed by atoms with Crippen LogP contribution in [-0.2, 0) is 27.8 Å². The van der Waals surface area contributed by atoms with Crippen molar-refractivity contribution in [3.05, 3.63) is 87.0 Å². The van der Waals surface area contributed by atoms with Crippen LogP contribution in [0.3, 0.4) is 0 Å². The van der Waals surface area contributed by atoms with Crippen LogP contribution < -0.4 is 25.2 Å². The van der Waals surface area contributed by atoms with E-state index in [-0.39, 0.29) is 65.7 Å². The normalized spacial score (nSPS) is 13.7. The molecule has 0 aliphatic heterocycles. The van der Waals surface area contributed by atoms with Gasteiger partial charge in [0.05, 0.1) is 55.6 Å². The number of ether oxygens (including phenoxy) is 3. The Bertz CT molecular complexity index is 1900. The number of aliphatic hydroxyl groups is 1. The Morgan fingerprint density at radius 2 is 1.65 bits per heavy atom. The van der Waals surface area contributed by atoms with Gasteiger partial charge in [-0.2, -0.15) is 4.31 Å². The molecule has 2 aromatic heterocycles. The minimum atomic E-state index is -4.22. The third kappa shape index (κ3) is 9.58. The molecule has 0 unspecified atom stereocenters. The second-order valence-electron chi connectivity index (χ2n) is 13.1. The maximum absolute atomic E-state index is 14.2. The molecule has 2 aromatic carbocycles. The number of nitrogens with zero attached hydrogens (tertiary/aromatic N) is 4. The molecular weight excluding hydrogens is 695 g/mol. The highest BCUT2D eigenvalue weighted by Gasteiger charge is 2.35. The Labute approximate surface area is 303 Å². The van der Waals surface area contributed by atoms with Crippen LogP contribution in [0, 0.1) is 18.8 Å². The molecule has 0 spiro atoms. The zero-order valence-electron chi connectivity index (χ0n) is 30.4. The van der Waals surface area contributed by atoms with Gasteiger partial charge in [-0.1, -0.05) is 58.0 Å². The number of sulfonamides is 1. The molecule has 0 fully saturated rings. The summed E-state index contributed by atoms with van der Waals surface area (Å²) in [7, 11) is -0.000426. The van der Waals surface area contributed by atoms with Crippen molar-refractivity contribution in [2.24, 2.45) is 11.8 Å². The van der Waals surface area contributed by atoms with Crippen molar-refractivity contribution < 1.29 is 32.5 Å². The third-order valence-electron chi connectivity index (χ3n) is 8.40. The number of aryl methyl sites for hydroxylation is 1. The van der Waals surface area contributed by atoms with Crippen molar-refractivity contribution in [3.63, 3.8) is 0 Å². The topological polar surface area (TPSA) is 154 Å². The summed E-state index contributed by atoms with van der Waals surface area (Å²) >= 11 is 1.50. The van der Waals surface area contributed by atoms with Gasteiger partial charge >= 0.3 is 5.69 Å². The SMILES string of the molecule is COc1cc(S(=O)(=O)N(CC(C)C)C[C@@H](O)[C@H](Cc2ccccc2)NC(=O)[C@H](C(C)C)n2ccn(Cc3csc(C)n3)c2=O)cc(OC)c1OC. The fraction of sp³-hybridized carbons (Fsp3) is 0.472. The van der Waals surface area contributed by atoms with E-state index in [0.29, 0.717) is 0 Å². The van der Waals surface area contributed by atoms with Crippen molar-refractivity contribution >= 4 is 27.3 Å². The number of rotatable bonds is 18. The van der Waals surface area contributed by atoms with Crippen molar-refractivity contribution in [2.45, 2.75) is 70.7 Å². The van der Waals surface area contributed by atoms with Gasteiger partial charge in [-0.25, -0.2) is 18.2 Å². The predicted octanol–water partition coefficient (Wildman–Crippen LogP) is 4.12. The van der Waals surface area contributed by atoms with Crippen LogP contribution in [0.5, 0.6) is 17.2 Å². The van der Waals surface area contributed by atoms with Gasteiger partial charge in [-0.3, -0.25) is 13.9 Å². The summed E-state index contributed by atoms with van der Waals surface area (Å²) in [6.45, 7) is 9.35. The average molecular weight is 744 g/mol. The second kappa shape index (κ2) is 17.4. The molecule has 15 heteroatoms. The first-order valence-electron chi connectivity index (χ1n) is 16.7. The van der Waals surface area contributed by atoms with E-state index in [1.54, 1.807) is 12.4 Å². The van der Waals surface area contributed by atoms with Crippen LogP contribution in [0.4, 0.5) is 0 Å². The van der Waals surface area contributed by atoms with Gasteiger partial charge in [-0.15, -0.1) is 11.3 Å². The minimum Gasteiger partial charge on any atom is -0.493 e. The molecule has 4 rings (SSSR count). The second-order valence-corrected chi connectivity index (χ2v) is 16.1. The molecule has 4 aromatic rings. The molecule has 0 aliphatic rings. The lowest BCUT2D eigenvalue weighted by Gasteiger charge is -2.32. The first-order chi connectivity index (χ1) is 24.2. The quantitative estimate of drug-likeness (QED) is 0.153. The number of aromatic nitrogens is 3. The molecule has 51 heavy (non-hydrogen) atoms. The number of imidazole rings is 1. The van der Waals surface area contributed by atoms with Crippen LogP contribution in [0.15, 0.2) is 69.9 Å². The molecule has 0 bridgehead atoms. The van der Waals surface area contributed by atoms with Gasteiger partial charge in [0.2, 0.25) is 21.7 Å². The van der Waals surface area contributed by atoms with E-state index in [0.717, 1.165) is 16.3 Å². The van der Waals surface area contributed by atoms with Gasteiger partial charge in [0, 0.05) is 43.0 Å². The molecular formula is C36H49N5O8S2. The minimum absolute atomic E-state index is 0.0814. The number of hydrogen-bond donors (Lipinski definition) is 2. The van der Waals surface area contributed by atoms with E-state index < -0.39 is 34.1 Å². The van der Waals surface area contributed by atoms with E-state index >= 15 is 0 Å². The molecule has 0 aliphatic carbocycles. The number of benzene rings is 2. The lowest BCUT2D eigenvalue weighted by atomic mass is 9.98. The molecule has 278 valence electrons. The maximum Gasteiger partial charge on any atom is 0.329 e. The molecule has 2 N–H and O–H groups in total. The summed E-state index contributed by atoms with van der Waals surface area (Å²) in [4.78, 5) is 32.0. The Morgan fingerprint density at radius 1 is 1.00 bits per heavy atom. The summed E-state index contributed by atoms with van der Waals surface area (Å²) in [6.07, 6.45) is 2.08. The smallest absolute Gasteiger partial charge is 0.329 e. The maximum atomic E-state index is 14.2. The zero-order chi connectivity index (χ0) is 37.5. The van der Waals surface area contributed by atoms with Crippen molar-refractivity contribution in [1.82, 2.24) is 23.7 Å². The van der Waals surface area contributed by atoms with E-state index in [1.165, 1.54) is 58.2 Å². The van der Waals surface area contributed by atoms with Crippen LogP contribution in [0.25, 0.3) is 0 Å². The lowest BCUT2D eigenvalue weighted by Crippen LogP contribution is -2.53.